The molecule has 0 radical (unpaired) electrons. The van der Waals surface area contributed by atoms with Gasteiger partial charge in [-0.3, -0.25) is 0 Å². The average molecular weight is 284 g/mol. The maximum absolute atomic E-state index is 2.36. The topological polar surface area (TPSA) is 0 Å². The van der Waals surface area contributed by atoms with Crippen LogP contribution in [0, 0.1) is 27.7 Å². The van der Waals surface area contributed by atoms with Gasteiger partial charge >= 0.3 is 0 Å². The SMILES string of the molecule is Cc1ccc2c3ccc(C)cc3c3cc(C)c(C)cc3c2c1. The number of hydrogen-bond acceptors (Lipinski definition) is 0. The van der Waals surface area contributed by atoms with Gasteiger partial charge in [-0.1, -0.05) is 59.7 Å². The Morgan fingerprint density at radius 3 is 1.18 bits per heavy atom. The number of aryl methyl sites for hydroxylation is 4. The zero-order chi connectivity index (χ0) is 15.4. The molecule has 0 heterocycles. The summed E-state index contributed by atoms with van der Waals surface area (Å²) in [5, 5.41) is 8.21. The van der Waals surface area contributed by atoms with Crippen molar-refractivity contribution in [3.05, 3.63) is 70.8 Å². The standard InChI is InChI=1S/C22H20/c1-13-5-7-17-18-8-6-14(2)10-20(18)22-12-16(4)15(3)11-21(22)19(17)9-13/h5-12H,1-4H3. The van der Waals surface area contributed by atoms with Crippen molar-refractivity contribution in [1.29, 1.82) is 0 Å². The predicted molar refractivity (Wildman–Crippen MR) is 97.9 cm³/mol. The second kappa shape index (κ2) is 4.58. The Labute approximate surface area is 131 Å². The van der Waals surface area contributed by atoms with Crippen LogP contribution in [0.25, 0.3) is 32.3 Å². The van der Waals surface area contributed by atoms with E-state index in [-0.39, 0.29) is 0 Å². The highest BCUT2D eigenvalue weighted by Crippen LogP contribution is 2.37. The van der Waals surface area contributed by atoms with Gasteiger partial charge in [-0.15, -0.1) is 0 Å². The third-order valence-electron chi connectivity index (χ3n) is 4.85. The van der Waals surface area contributed by atoms with Crippen LogP contribution >= 0.6 is 0 Å². The zero-order valence-corrected chi connectivity index (χ0v) is 13.6. The Morgan fingerprint density at radius 1 is 0.409 bits per heavy atom. The van der Waals surface area contributed by atoms with E-state index >= 15 is 0 Å². The van der Waals surface area contributed by atoms with E-state index in [4.69, 9.17) is 0 Å². The first kappa shape index (κ1) is 13.3. The molecule has 0 aliphatic rings. The van der Waals surface area contributed by atoms with Gasteiger partial charge in [-0.05, 0) is 71.1 Å². The Hall–Kier alpha value is -2.34. The Kier molecular flexibility index (Phi) is 2.77. The minimum absolute atomic E-state index is 1.32. The van der Waals surface area contributed by atoms with Gasteiger partial charge in [0.2, 0.25) is 0 Å². The van der Waals surface area contributed by atoms with Crippen molar-refractivity contribution in [3.63, 3.8) is 0 Å². The van der Waals surface area contributed by atoms with Gasteiger partial charge in [0.25, 0.3) is 0 Å². The molecule has 0 bridgehead atoms. The van der Waals surface area contributed by atoms with Gasteiger partial charge in [0.05, 0.1) is 0 Å². The molecule has 4 aromatic rings. The normalized spacial score (nSPS) is 11.6. The summed E-state index contributed by atoms with van der Waals surface area (Å²) in [5.41, 5.74) is 5.36. The molecule has 0 aliphatic carbocycles. The monoisotopic (exact) mass is 284 g/mol. The third-order valence-corrected chi connectivity index (χ3v) is 4.85. The highest BCUT2D eigenvalue weighted by molar-refractivity contribution is 6.25. The summed E-state index contributed by atoms with van der Waals surface area (Å²) in [6.07, 6.45) is 0. The van der Waals surface area contributed by atoms with Crippen molar-refractivity contribution in [3.8, 4) is 0 Å². The van der Waals surface area contributed by atoms with Crippen LogP contribution in [0.5, 0.6) is 0 Å². The van der Waals surface area contributed by atoms with E-state index in [1.807, 2.05) is 0 Å². The average Bonchev–Trinajstić information content (AvgIpc) is 2.49. The molecule has 0 unspecified atom stereocenters. The molecule has 0 aromatic heterocycles. The first-order valence-corrected chi connectivity index (χ1v) is 7.88. The first-order chi connectivity index (χ1) is 10.5. The molecule has 0 atom stereocenters. The molecule has 0 amide bonds. The fourth-order valence-corrected chi connectivity index (χ4v) is 3.49. The molecular weight excluding hydrogens is 264 g/mol. The fraction of sp³-hybridized carbons (Fsp3) is 0.182. The van der Waals surface area contributed by atoms with Crippen molar-refractivity contribution < 1.29 is 0 Å². The summed E-state index contributed by atoms with van der Waals surface area (Å²) in [5.74, 6) is 0. The van der Waals surface area contributed by atoms with Crippen molar-refractivity contribution in [2.24, 2.45) is 0 Å². The van der Waals surface area contributed by atoms with E-state index in [0.717, 1.165) is 0 Å². The highest BCUT2D eigenvalue weighted by Gasteiger charge is 2.10. The fourth-order valence-electron chi connectivity index (χ4n) is 3.49. The van der Waals surface area contributed by atoms with E-state index in [9.17, 15) is 0 Å². The minimum atomic E-state index is 1.32. The van der Waals surface area contributed by atoms with Crippen LogP contribution in [-0.4, -0.2) is 0 Å². The third kappa shape index (κ3) is 1.84. The van der Waals surface area contributed by atoms with E-state index in [1.54, 1.807) is 0 Å². The second-order valence-corrected chi connectivity index (χ2v) is 6.58. The molecule has 0 heteroatoms. The van der Waals surface area contributed by atoms with E-state index < -0.39 is 0 Å². The van der Waals surface area contributed by atoms with Crippen LogP contribution in [0.15, 0.2) is 48.5 Å². The van der Waals surface area contributed by atoms with Crippen LogP contribution in [-0.2, 0) is 0 Å². The Bertz CT molecular complexity index is 966. The van der Waals surface area contributed by atoms with Gasteiger partial charge in [0.15, 0.2) is 0 Å². The number of fused-ring (bicyclic) bond motifs is 6. The predicted octanol–water partition coefficient (Wildman–Crippen LogP) is 6.38. The first-order valence-electron chi connectivity index (χ1n) is 7.88. The molecule has 0 N–H and O–H groups in total. The van der Waals surface area contributed by atoms with Crippen LogP contribution in [0.1, 0.15) is 22.3 Å². The summed E-state index contributed by atoms with van der Waals surface area (Å²) in [7, 11) is 0. The molecule has 0 saturated carbocycles. The molecule has 0 spiro atoms. The summed E-state index contributed by atoms with van der Waals surface area (Å²) < 4.78 is 0. The maximum Gasteiger partial charge on any atom is -0.00960 e. The zero-order valence-electron chi connectivity index (χ0n) is 13.6. The van der Waals surface area contributed by atoms with Gasteiger partial charge < -0.3 is 0 Å². The molecule has 0 aliphatic heterocycles. The highest BCUT2D eigenvalue weighted by atomic mass is 14.1. The lowest BCUT2D eigenvalue weighted by Crippen LogP contribution is -1.88. The lowest BCUT2D eigenvalue weighted by Gasteiger charge is -2.13. The molecular formula is C22H20. The van der Waals surface area contributed by atoms with Crippen molar-refractivity contribution in [1.82, 2.24) is 0 Å². The Balaban J connectivity index is 2.39. The van der Waals surface area contributed by atoms with Crippen molar-refractivity contribution >= 4 is 32.3 Å². The largest absolute Gasteiger partial charge is 0.0587 e. The molecule has 4 rings (SSSR count). The summed E-state index contributed by atoms with van der Waals surface area (Å²) in [6, 6.07) is 18.3. The van der Waals surface area contributed by atoms with Gasteiger partial charge in [0.1, 0.15) is 0 Å². The van der Waals surface area contributed by atoms with E-state index in [2.05, 4.69) is 76.2 Å². The molecule has 0 fully saturated rings. The lowest BCUT2D eigenvalue weighted by molar-refractivity contribution is 1.37. The number of hydrogen-bond donors (Lipinski definition) is 0. The quantitative estimate of drug-likeness (QED) is 0.329. The van der Waals surface area contributed by atoms with Gasteiger partial charge in [-0.25, -0.2) is 0 Å². The summed E-state index contributed by atoms with van der Waals surface area (Å²) in [6.45, 7) is 8.75. The maximum atomic E-state index is 2.36. The van der Waals surface area contributed by atoms with Crippen molar-refractivity contribution in [2.45, 2.75) is 27.7 Å². The lowest BCUT2D eigenvalue weighted by atomic mass is 9.90. The van der Waals surface area contributed by atoms with Crippen LogP contribution < -0.4 is 0 Å². The minimum Gasteiger partial charge on any atom is -0.0587 e. The molecule has 0 saturated heterocycles. The van der Waals surface area contributed by atoms with E-state index in [1.165, 1.54) is 54.6 Å². The summed E-state index contributed by atoms with van der Waals surface area (Å²) >= 11 is 0. The van der Waals surface area contributed by atoms with Crippen LogP contribution in [0.4, 0.5) is 0 Å². The van der Waals surface area contributed by atoms with Crippen molar-refractivity contribution in [2.75, 3.05) is 0 Å². The van der Waals surface area contributed by atoms with Gasteiger partial charge in [-0.2, -0.15) is 0 Å². The summed E-state index contributed by atoms with van der Waals surface area (Å²) in [4.78, 5) is 0. The molecule has 108 valence electrons. The molecule has 4 aromatic carbocycles. The molecule has 22 heavy (non-hydrogen) atoms. The molecule has 0 nitrogen and oxygen atoms in total. The van der Waals surface area contributed by atoms with E-state index in [0.29, 0.717) is 0 Å². The number of rotatable bonds is 0. The van der Waals surface area contributed by atoms with Crippen LogP contribution in [0.2, 0.25) is 0 Å². The van der Waals surface area contributed by atoms with Crippen LogP contribution in [0.3, 0.4) is 0 Å². The Morgan fingerprint density at radius 2 is 0.773 bits per heavy atom. The second-order valence-electron chi connectivity index (χ2n) is 6.58. The number of benzene rings is 4. The smallest absolute Gasteiger partial charge is 0.00960 e. The van der Waals surface area contributed by atoms with Gasteiger partial charge in [0, 0.05) is 0 Å².